The van der Waals surface area contributed by atoms with Crippen LogP contribution in [0.4, 0.5) is 4.79 Å². The first-order valence-electron chi connectivity index (χ1n) is 8.52. The summed E-state index contributed by atoms with van der Waals surface area (Å²) in [5, 5.41) is 5.38. The lowest BCUT2D eigenvalue weighted by atomic mass is 10.0. The first-order valence-corrected chi connectivity index (χ1v) is 8.90. The molecule has 7 heteroatoms. The minimum absolute atomic E-state index is 0.0237. The molecule has 2 rings (SSSR count). The van der Waals surface area contributed by atoms with E-state index in [1.165, 1.54) is 0 Å². The van der Waals surface area contributed by atoms with Crippen molar-refractivity contribution in [3.8, 4) is 5.75 Å². The average molecular weight is 389 g/mol. The van der Waals surface area contributed by atoms with Crippen LogP contribution in [-0.2, 0) is 4.79 Å². The molecule has 0 radical (unpaired) electrons. The minimum Gasteiger partial charge on any atom is -0.484 e. The highest BCUT2D eigenvalue weighted by Gasteiger charge is 2.12. The smallest absolute Gasteiger partial charge is 0.321 e. The second-order valence-electron chi connectivity index (χ2n) is 5.98. The molecule has 0 aliphatic carbocycles. The molecule has 2 aromatic carbocycles. The zero-order valence-corrected chi connectivity index (χ0v) is 15.9. The molecule has 0 bridgehead atoms. The van der Waals surface area contributed by atoms with E-state index in [4.69, 9.17) is 16.3 Å². The van der Waals surface area contributed by atoms with Crippen LogP contribution in [0.3, 0.4) is 0 Å². The van der Waals surface area contributed by atoms with Gasteiger partial charge in [-0.05, 0) is 61.9 Å². The van der Waals surface area contributed by atoms with Crippen LogP contribution >= 0.6 is 11.6 Å². The summed E-state index contributed by atoms with van der Waals surface area (Å²) in [6.45, 7) is 3.46. The summed E-state index contributed by atoms with van der Waals surface area (Å²) >= 11 is 5.82. The molecule has 0 unspecified atom stereocenters. The zero-order valence-electron chi connectivity index (χ0n) is 15.1. The predicted molar refractivity (Wildman–Crippen MR) is 103 cm³/mol. The maximum Gasteiger partial charge on any atom is 0.321 e. The fraction of sp³-hybridized carbons (Fsp3) is 0.250. The van der Waals surface area contributed by atoms with Gasteiger partial charge in [-0.25, -0.2) is 4.79 Å². The van der Waals surface area contributed by atoms with Gasteiger partial charge < -0.3 is 10.1 Å². The molecule has 27 heavy (non-hydrogen) atoms. The van der Waals surface area contributed by atoms with Crippen LogP contribution in [0.5, 0.6) is 5.75 Å². The number of rotatable bonds is 7. The van der Waals surface area contributed by atoms with Gasteiger partial charge in [-0.2, -0.15) is 0 Å². The molecule has 0 saturated heterocycles. The van der Waals surface area contributed by atoms with Gasteiger partial charge in [-0.1, -0.05) is 18.5 Å². The lowest BCUT2D eigenvalue weighted by molar-refractivity contribution is -0.122. The number of nitrogens with one attached hydrogen (secondary N) is 2. The Morgan fingerprint density at radius 2 is 1.56 bits per heavy atom. The van der Waals surface area contributed by atoms with Crippen molar-refractivity contribution in [2.45, 2.75) is 26.3 Å². The Bertz CT molecular complexity index is 804. The highest BCUT2D eigenvalue weighted by molar-refractivity contribution is 6.30. The molecule has 0 heterocycles. The van der Waals surface area contributed by atoms with Gasteiger partial charge in [-0.15, -0.1) is 0 Å². The number of benzene rings is 2. The third-order valence-corrected chi connectivity index (χ3v) is 4.09. The maximum atomic E-state index is 12.4. The number of ketones is 1. The van der Waals surface area contributed by atoms with Crippen molar-refractivity contribution >= 4 is 29.3 Å². The molecule has 2 N–H and O–H groups in total. The molecule has 0 saturated carbocycles. The molecular weight excluding hydrogens is 368 g/mol. The largest absolute Gasteiger partial charge is 0.484 e. The number of amides is 3. The van der Waals surface area contributed by atoms with Gasteiger partial charge in [0.2, 0.25) is 0 Å². The van der Waals surface area contributed by atoms with E-state index < -0.39 is 11.9 Å². The second kappa shape index (κ2) is 9.73. The molecule has 2 aromatic rings. The maximum absolute atomic E-state index is 12.4. The summed E-state index contributed by atoms with van der Waals surface area (Å²) in [5.41, 5.74) is 1.02. The molecule has 0 aliphatic rings. The van der Waals surface area contributed by atoms with Gasteiger partial charge in [0, 0.05) is 22.2 Å². The Hall–Kier alpha value is -2.86. The monoisotopic (exact) mass is 388 g/mol. The highest BCUT2D eigenvalue weighted by Crippen LogP contribution is 2.17. The molecule has 0 aromatic heterocycles. The number of carbonyl (C=O) groups is 3. The van der Waals surface area contributed by atoms with Gasteiger partial charge in [0.05, 0.1) is 0 Å². The molecule has 0 fully saturated rings. The SMILES string of the molecule is CC[C@@H](C)NC(=O)NC(=O)COc1ccc(C(=O)c2ccc(Cl)cc2)cc1. The second-order valence-corrected chi connectivity index (χ2v) is 6.42. The summed E-state index contributed by atoms with van der Waals surface area (Å²) in [5.74, 6) is -0.282. The summed E-state index contributed by atoms with van der Waals surface area (Å²) < 4.78 is 5.34. The zero-order chi connectivity index (χ0) is 19.8. The molecule has 3 amide bonds. The number of halogens is 1. The molecular formula is C20H21ClN2O4. The van der Waals surface area contributed by atoms with Crippen molar-refractivity contribution in [3.63, 3.8) is 0 Å². The summed E-state index contributed by atoms with van der Waals surface area (Å²) in [6, 6.07) is 12.5. The summed E-state index contributed by atoms with van der Waals surface area (Å²) in [6.07, 6.45) is 0.763. The van der Waals surface area contributed by atoms with E-state index in [9.17, 15) is 14.4 Å². The van der Waals surface area contributed by atoms with E-state index >= 15 is 0 Å². The summed E-state index contributed by atoms with van der Waals surface area (Å²) in [7, 11) is 0. The normalized spacial score (nSPS) is 11.4. The Labute approximate surface area is 162 Å². The molecule has 0 spiro atoms. The molecule has 142 valence electrons. The van der Waals surface area contributed by atoms with Crippen LogP contribution in [0.1, 0.15) is 36.2 Å². The van der Waals surface area contributed by atoms with Crippen LogP contribution in [0.2, 0.25) is 5.02 Å². The first kappa shape index (κ1) is 20.5. The van der Waals surface area contributed by atoms with Crippen molar-refractivity contribution in [1.29, 1.82) is 0 Å². The standard InChI is InChI=1S/C20H21ClN2O4/c1-3-13(2)22-20(26)23-18(24)12-27-17-10-6-15(7-11-17)19(25)14-4-8-16(21)9-5-14/h4-11,13H,3,12H2,1-2H3,(H2,22,23,24,26)/t13-/m1/s1. The molecule has 1 atom stereocenters. The predicted octanol–water partition coefficient (Wildman–Crippen LogP) is 3.57. The number of hydrogen-bond acceptors (Lipinski definition) is 4. The van der Waals surface area contributed by atoms with Gasteiger partial charge in [-0.3, -0.25) is 14.9 Å². The number of hydrogen-bond donors (Lipinski definition) is 2. The lowest BCUT2D eigenvalue weighted by Gasteiger charge is -2.12. The van der Waals surface area contributed by atoms with Gasteiger partial charge in [0.25, 0.3) is 5.91 Å². The van der Waals surface area contributed by atoms with Crippen molar-refractivity contribution in [2.24, 2.45) is 0 Å². The number of carbonyl (C=O) groups excluding carboxylic acids is 3. The number of ether oxygens (including phenoxy) is 1. The van der Waals surface area contributed by atoms with E-state index in [0.717, 1.165) is 6.42 Å². The average Bonchev–Trinajstić information content (AvgIpc) is 2.66. The van der Waals surface area contributed by atoms with Crippen LogP contribution < -0.4 is 15.4 Å². The van der Waals surface area contributed by atoms with Crippen molar-refractivity contribution in [2.75, 3.05) is 6.61 Å². The Morgan fingerprint density at radius 3 is 2.11 bits per heavy atom. The third-order valence-electron chi connectivity index (χ3n) is 3.84. The quantitative estimate of drug-likeness (QED) is 0.710. The fourth-order valence-corrected chi connectivity index (χ4v) is 2.27. The molecule has 6 nitrogen and oxygen atoms in total. The van der Waals surface area contributed by atoms with E-state index in [2.05, 4.69) is 10.6 Å². The van der Waals surface area contributed by atoms with Crippen molar-refractivity contribution in [3.05, 3.63) is 64.7 Å². The highest BCUT2D eigenvalue weighted by atomic mass is 35.5. The van der Waals surface area contributed by atoms with Crippen LogP contribution in [0.25, 0.3) is 0 Å². The van der Waals surface area contributed by atoms with Crippen molar-refractivity contribution in [1.82, 2.24) is 10.6 Å². The van der Waals surface area contributed by atoms with Crippen LogP contribution in [0, 0.1) is 0 Å². The molecule has 0 aliphatic heterocycles. The number of urea groups is 1. The number of imide groups is 1. The first-order chi connectivity index (χ1) is 12.9. The lowest BCUT2D eigenvalue weighted by Crippen LogP contribution is -2.44. The van der Waals surface area contributed by atoms with E-state index in [-0.39, 0.29) is 18.4 Å². The summed E-state index contributed by atoms with van der Waals surface area (Å²) in [4.78, 5) is 35.7. The van der Waals surface area contributed by atoms with E-state index in [0.29, 0.717) is 21.9 Å². The van der Waals surface area contributed by atoms with E-state index in [1.54, 1.807) is 48.5 Å². The van der Waals surface area contributed by atoms with Crippen molar-refractivity contribution < 1.29 is 19.1 Å². The van der Waals surface area contributed by atoms with Gasteiger partial charge >= 0.3 is 6.03 Å². The third kappa shape index (κ3) is 6.42. The Balaban J connectivity index is 1.86. The van der Waals surface area contributed by atoms with Crippen LogP contribution in [-0.4, -0.2) is 30.4 Å². The van der Waals surface area contributed by atoms with E-state index in [1.807, 2.05) is 13.8 Å². The Kier molecular flexibility index (Phi) is 7.37. The van der Waals surface area contributed by atoms with Crippen LogP contribution in [0.15, 0.2) is 48.5 Å². The Morgan fingerprint density at radius 1 is 1.00 bits per heavy atom. The fourth-order valence-electron chi connectivity index (χ4n) is 2.14. The minimum atomic E-state index is -0.558. The topological polar surface area (TPSA) is 84.5 Å². The van der Waals surface area contributed by atoms with Gasteiger partial charge in [0.1, 0.15) is 5.75 Å². The van der Waals surface area contributed by atoms with Gasteiger partial charge in [0.15, 0.2) is 12.4 Å².